The third-order valence-electron chi connectivity index (χ3n) is 3.83. The van der Waals surface area contributed by atoms with Crippen molar-refractivity contribution < 1.29 is 0 Å². The highest BCUT2D eigenvalue weighted by molar-refractivity contribution is 4.92. The van der Waals surface area contributed by atoms with Crippen LogP contribution in [0.4, 0.5) is 0 Å². The van der Waals surface area contributed by atoms with Crippen LogP contribution in [0.25, 0.3) is 0 Å². The molecule has 0 N–H and O–H groups in total. The summed E-state index contributed by atoms with van der Waals surface area (Å²) < 4.78 is 0. The standard InChI is InChI=1S/C9H16.C2H6.C2H4.CH4/c1-6-7(2)9-4-3-8(6)5-9;2*1-2;/h6-9H,3-5H2,1-2H3;1-2H3;1-2H2;1H4. The molecule has 4 atom stereocenters. The maximum atomic E-state index is 3.00. The summed E-state index contributed by atoms with van der Waals surface area (Å²) in [6.45, 7) is 14.9. The Bertz CT molecular complexity index is 110. The maximum absolute atomic E-state index is 3.00. The van der Waals surface area contributed by atoms with Gasteiger partial charge in [-0.05, 0) is 42.9 Å². The van der Waals surface area contributed by atoms with Crippen molar-refractivity contribution in [3.63, 3.8) is 0 Å². The lowest BCUT2D eigenvalue weighted by Crippen LogP contribution is -2.15. The van der Waals surface area contributed by atoms with E-state index in [0.717, 1.165) is 23.7 Å². The van der Waals surface area contributed by atoms with Crippen molar-refractivity contribution in [2.24, 2.45) is 23.7 Å². The van der Waals surface area contributed by atoms with Crippen molar-refractivity contribution in [3.8, 4) is 0 Å². The van der Waals surface area contributed by atoms with Gasteiger partial charge in [0.1, 0.15) is 0 Å². The first-order valence-corrected chi connectivity index (χ1v) is 5.79. The van der Waals surface area contributed by atoms with E-state index in [-0.39, 0.29) is 7.43 Å². The summed E-state index contributed by atoms with van der Waals surface area (Å²) in [6, 6.07) is 0. The highest BCUT2D eigenvalue weighted by Crippen LogP contribution is 2.51. The van der Waals surface area contributed by atoms with Crippen molar-refractivity contribution >= 4 is 0 Å². The van der Waals surface area contributed by atoms with Gasteiger partial charge in [-0.2, -0.15) is 0 Å². The van der Waals surface area contributed by atoms with E-state index in [1.54, 1.807) is 6.42 Å². The van der Waals surface area contributed by atoms with Gasteiger partial charge >= 0.3 is 0 Å². The molecule has 0 aliphatic heterocycles. The second kappa shape index (κ2) is 8.08. The molecule has 2 fully saturated rings. The van der Waals surface area contributed by atoms with Gasteiger partial charge in [-0.1, -0.05) is 35.1 Å². The van der Waals surface area contributed by atoms with Crippen molar-refractivity contribution in [2.75, 3.05) is 0 Å². The minimum atomic E-state index is 0. The first-order valence-electron chi connectivity index (χ1n) is 5.79. The molecule has 0 aromatic heterocycles. The number of rotatable bonds is 0. The molecule has 2 rings (SSSR count). The Balaban J connectivity index is 0. The zero-order chi connectivity index (χ0) is 10.4. The smallest absolute Gasteiger partial charge is 0.0383 e. The fourth-order valence-corrected chi connectivity index (χ4v) is 2.87. The largest absolute Gasteiger partial charge is 0.106 e. The molecular weight excluding hydrogens is 168 g/mol. The van der Waals surface area contributed by atoms with Gasteiger partial charge < -0.3 is 0 Å². The molecule has 14 heavy (non-hydrogen) atoms. The normalized spacial score (nSPS) is 37.1. The van der Waals surface area contributed by atoms with E-state index in [1.165, 1.54) is 12.8 Å². The second-order valence-electron chi connectivity index (χ2n) is 4.05. The molecule has 2 aliphatic carbocycles. The molecule has 2 aliphatic rings. The molecule has 0 saturated heterocycles. The fourth-order valence-electron chi connectivity index (χ4n) is 2.87. The highest BCUT2D eigenvalue weighted by atomic mass is 14.5. The molecule has 0 heterocycles. The van der Waals surface area contributed by atoms with Gasteiger partial charge in [0.25, 0.3) is 0 Å². The zero-order valence-corrected chi connectivity index (χ0v) is 9.84. The quantitative estimate of drug-likeness (QED) is 0.472. The summed E-state index contributed by atoms with van der Waals surface area (Å²) >= 11 is 0. The Kier molecular flexibility index (Phi) is 9.34. The summed E-state index contributed by atoms with van der Waals surface area (Å²) in [4.78, 5) is 0. The van der Waals surface area contributed by atoms with Crippen molar-refractivity contribution in [2.45, 2.75) is 54.4 Å². The molecule has 0 heteroatoms. The van der Waals surface area contributed by atoms with Crippen LogP contribution in [0.2, 0.25) is 0 Å². The second-order valence-corrected chi connectivity index (χ2v) is 4.05. The van der Waals surface area contributed by atoms with Crippen LogP contribution in [0, 0.1) is 23.7 Å². The molecule has 2 saturated carbocycles. The van der Waals surface area contributed by atoms with Crippen LogP contribution in [0.15, 0.2) is 13.2 Å². The zero-order valence-electron chi connectivity index (χ0n) is 9.84. The van der Waals surface area contributed by atoms with Gasteiger partial charge in [0.05, 0.1) is 0 Å². The first kappa shape index (κ1) is 16.2. The van der Waals surface area contributed by atoms with Gasteiger partial charge in [-0.3, -0.25) is 0 Å². The molecule has 2 bridgehead atoms. The lowest BCUT2D eigenvalue weighted by Gasteiger charge is -2.24. The minimum absolute atomic E-state index is 0. The first-order chi connectivity index (χ1) is 6.29. The van der Waals surface area contributed by atoms with E-state index >= 15 is 0 Å². The molecule has 0 nitrogen and oxygen atoms in total. The summed E-state index contributed by atoms with van der Waals surface area (Å²) in [5.41, 5.74) is 0. The van der Waals surface area contributed by atoms with Crippen molar-refractivity contribution in [3.05, 3.63) is 13.2 Å². The third-order valence-corrected chi connectivity index (χ3v) is 3.83. The average Bonchev–Trinajstić information content (AvgIpc) is 2.78. The number of fused-ring (bicyclic) bond motifs is 2. The van der Waals surface area contributed by atoms with Crippen LogP contribution < -0.4 is 0 Å². The van der Waals surface area contributed by atoms with Gasteiger partial charge in [0, 0.05) is 0 Å². The Morgan fingerprint density at radius 1 is 0.857 bits per heavy atom. The van der Waals surface area contributed by atoms with E-state index in [2.05, 4.69) is 27.0 Å². The Labute approximate surface area is 91.8 Å². The summed E-state index contributed by atoms with van der Waals surface area (Å²) in [5.74, 6) is 4.32. The van der Waals surface area contributed by atoms with E-state index < -0.39 is 0 Å². The lowest BCUT2D eigenvalue weighted by molar-refractivity contribution is 0.259. The predicted molar refractivity (Wildman–Crippen MR) is 68.5 cm³/mol. The Morgan fingerprint density at radius 2 is 1.14 bits per heavy atom. The number of hydrogen-bond donors (Lipinski definition) is 0. The van der Waals surface area contributed by atoms with Gasteiger partial charge in [0.2, 0.25) is 0 Å². The van der Waals surface area contributed by atoms with Gasteiger partial charge in [-0.15, -0.1) is 13.2 Å². The monoisotopic (exact) mass is 198 g/mol. The van der Waals surface area contributed by atoms with Crippen molar-refractivity contribution in [1.82, 2.24) is 0 Å². The Morgan fingerprint density at radius 3 is 1.29 bits per heavy atom. The molecule has 0 amide bonds. The minimum Gasteiger partial charge on any atom is -0.106 e. The number of hydrogen-bond acceptors (Lipinski definition) is 0. The van der Waals surface area contributed by atoms with E-state index in [4.69, 9.17) is 0 Å². The molecule has 86 valence electrons. The summed E-state index contributed by atoms with van der Waals surface area (Å²) in [6.07, 6.45) is 4.63. The fraction of sp³-hybridized carbons (Fsp3) is 0.857. The van der Waals surface area contributed by atoms with Crippen LogP contribution in [0.1, 0.15) is 54.4 Å². The summed E-state index contributed by atoms with van der Waals surface area (Å²) in [5, 5.41) is 0. The van der Waals surface area contributed by atoms with Crippen molar-refractivity contribution in [1.29, 1.82) is 0 Å². The molecule has 0 aromatic carbocycles. The molecule has 0 aromatic rings. The highest BCUT2D eigenvalue weighted by Gasteiger charge is 2.42. The SMILES string of the molecule is C.C=C.CC.CC1C2CCC(C2)C1C. The molecule has 0 spiro atoms. The molecular formula is C14H30. The Hall–Kier alpha value is -0.260. The van der Waals surface area contributed by atoms with Crippen LogP contribution in [0.3, 0.4) is 0 Å². The van der Waals surface area contributed by atoms with Crippen LogP contribution in [-0.4, -0.2) is 0 Å². The topological polar surface area (TPSA) is 0 Å². The lowest BCUT2D eigenvalue weighted by atomic mass is 9.82. The van der Waals surface area contributed by atoms with Crippen LogP contribution in [0.5, 0.6) is 0 Å². The summed E-state index contributed by atoms with van der Waals surface area (Å²) in [7, 11) is 0. The van der Waals surface area contributed by atoms with E-state index in [1.807, 2.05) is 13.8 Å². The predicted octanol–water partition coefficient (Wildman–Crippen LogP) is 5.15. The van der Waals surface area contributed by atoms with E-state index in [9.17, 15) is 0 Å². The van der Waals surface area contributed by atoms with Crippen LogP contribution >= 0.6 is 0 Å². The van der Waals surface area contributed by atoms with E-state index in [0.29, 0.717) is 0 Å². The van der Waals surface area contributed by atoms with Gasteiger partial charge in [-0.25, -0.2) is 0 Å². The maximum Gasteiger partial charge on any atom is -0.0383 e. The van der Waals surface area contributed by atoms with Gasteiger partial charge in [0.15, 0.2) is 0 Å². The third kappa shape index (κ3) is 3.15. The molecule has 4 unspecified atom stereocenters. The average molecular weight is 198 g/mol. The van der Waals surface area contributed by atoms with Crippen LogP contribution in [-0.2, 0) is 0 Å². The molecule has 0 radical (unpaired) electrons.